The lowest BCUT2D eigenvalue weighted by molar-refractivity contribution is -0.130. The van der Waals surface area contributed by atoms with Crippen LogP contribution in [0.5, 0.6) is 0 Å². The summed E-state index contributed by atoms with van der Waals surface area (Å²) in [6.07, 6.45) is 4.38. The van der Waals surface area contributed by atoms with E-state index in [2.05, 4.69) is 0 Å². The third kappa shape index (κ3) is 5.28. The molecule has 0 saturated carbocycles. The fourth-order valence-corrected chi connectivity index (χ4v) is 6.08. The monoisotopic (exact) mass is 469 g/mol. The number of piperidine rings is 1. The molecule has 0 aromatic heterocycles. The summed E-state index contributed by atoms with van der Waals surface area (Å²) < 4.78 is 27.8. The van der Waals surface area contributed by atoms with Crippen molar-refractivity contribution in [3.63, 3.8) is 0 Å². The largest absolute Gasteiger partial charge is 0.340 e. The number of amides is 2. The number of anilines is 1. The molecule has 176 valence electrons. The van der Waals surface area contributed by atoms with Crippen LogP contribution in [-0.4, -0.2) is 56.1 Å². The van der Waals surface area contributed by atoms with Crippen LogP contribution in [0, 0.1) is 0 Å². The number of likely N-dealkylation sites (N-methyl/N-ethyl adjacent to an activating group) is 1. The number of hydrogen-bond donors (Lipinski definition) is 0. The molecule has 0 unspecified atom stereocenters. The molecule has 0 bridgehead atoms. The van der Waals surface area contributed by atoms with Crippen molar-refractivity contribution in [2.45, 2.75) is 50.0 Å². The van der Waals surface area contributed by atoms with Gasteiger partial charge >= 0.3 is 0 Å². The highest BCUT2D eigenvalue weighted by molar-refractivity contribution is 7.89. The lowest BCUT2D eigenvalue weighted by Crippen LogP contribution is -2.41. The van der Waals surface area contributed by atoms with Crippen molar-refractivity contribution in [3.8, 4) is 0 Å². The zero-order valence-electron chi connectivity index (χ0n) is 19.1. The van der Waals surface area contributed by atoms with Crippen molar-refractivity contribution < 1.29 is 18.0 Å². The standard InChI is InChI=1S/C25H31N3O4S/c1-26(18-20-9-4-2-5-10-20)25(30)19-28-23-14-13-22(17-21(23)11-8-12-24(28)29)33(31,32)27-15-6-3-7-16-27/h2,4-5,9-10,13-14,17H,3,6-8,11-12,15-16,18-19H2,1H3. The predicted octanol–water partition coefficient (Wildman–Crippen LogP) is 3.19. The minimum Gasteiger partial charge on any atom is -0.340 e. The van der Waals surface area contributed by atoms with Crippen molar-refractivity contribution in [2.75, 3.05) is 31.6 Å². The molecule has 0 spiro atoms. The first-order chi connectivity index (χ1) is 15.9. The highest BCUT2D eigenvalue weighted by Crippen LogP contribution is 2.31. The molecule has 1 saturated heterocycles. The van der Waals surface area contributed by atoms with E-state index in [-0.39, 0.29) is 23.3 Å². The maximum Gasteiger partial charge on any atom is 0.243 e. The van der Waals surface area contributed by atoms with E-state index in [0.717, 1.165) is 30.4 Å². The molecule has 2 aliphatic rings. The van der Waals surface area contributed by atoms with E-state index in [1.54, 1.807) is 34.5 Å². The van der Waals surface area contributed by atoms with Gasteiger partial charge < -0.3 is 9.80 Å². The number of fused-ring (bicyclic) bond motifs is 1. The topological polar surface area (TPSA) is 78.0 Å². The predicted molar refractivity (Wildman–Crippen MR) is 127 cm³/mol. The maximum atomic E-state index is 13.1. The molecule has 0 aliphatic carbocycles. The van der Waals surface area contributed by atoms with Crippen LogP contribution < -0.4 is 4.90 Å². The lowest BCUT2D eigenvalue weighted by Gasteiger charge is -2.28. The van der Waals surface area contributed by atoms with E-state index < -0.39 is 10.0 Å². The molecule has 4 rings (SSSR count). The summed E-state index contributed by atoms with van der Waals surface area (Å²) in [5, 5.41) is 0. The van der Waals surface area contributed by atoms with E-state index in [1.165, 1.54) is 4.90 Å². The highest BCUT2D eigenvalue weighted by Gasteiger charge is 2.30. The first kappa shape index (κ1) is 23.4. The molecule has 8 heteroatoms. The number of sulfonamides is 1. The van der Waals surface area contributed by atoms with Crippen LogP contribution in [0.2, 0.25) is 0 Å². The zero-order valence-corrected chi connectivity index (χ0v) is 19.9. The molecule has 2 aromatic carbocycles. The van der Waals surface area contributed by atoms with Gasteiger partial charge in [-0.25, -0.2) is 8.42 Å². The quantitative estimate of drug-likeness (QED) is 0.651. The average Bonchev–Trinajstić information content (AvgIpc) is 2.98. The summed E-state index contributed by atoms with van der Waals surface area (Å²) in [5.74, 6) is -0.271. The Morgan fingerprint density at radius 2 is 1.70 bits per heavy atom. The van der Waals surface area contributed by atoms with Crippen LogP contribution in [-0.2, 0) is 32.6 Å². The third-order valence-electron chi connectivity index (χ3n) is 6.41. The highest BCUT2D eigenvalue weighted by atomic mass is 32.2. The van der Waals surface area contributed by atoms with Gasteiger partial charge in [0.2, 0.25) is 21.8 Å². The normalized spacial score (nSPS) is 17.4. The molecule has 7 nitrogen and oxygen atoms in total. The van der Waals surface area contributed by atoms with E-state index in [1.807, 2.05) is 30.3 Å². The van der Waals surface area contributed by atoms with E-state index in [9.17, 15) is 18.0 Å². The van der Waals surface area contributed by atoms with Gasteiger partial charge in [-0.15, -0.1) is 0 Å². The van der Waals surface area contributed by atoms with Gasteiger partial charge in [-0.3, -0.25) is 9.59 Å². The fraction of sp³-hybridized carbons (Fsp3) is 0.440. The Kier molecular flexibility index (Phi) is 7.14. The van der Waals surface area contributed by atoms with Gasteiger partial charge in [-0.2, -0.15) is 4.31 Å². The molecule has 33 heavy (non-hydrogen) atoms. The average molecular weight is 470 g/mol. The number of nitrogens with zero attached hydrogens (tertiary/aromatic N) is 3. The summed E-state index contributed by atoms with van der Waals surface area (Å²) in [6, 6.07) is 14.7. The van der Waals surface area contributed by atoms with Crippen molar-refractivity contribution in [1.82, 2.24) is 9.21 Å². The molecule has 2 aromatic rings. The smallest absolute Gasteiger partial charge is 0.243 e. The molecule has 0 radical (unpaired) electrons. The first-order valence-electron chi connectivity index (χ1n) is 11.6. The summed E-state index contributed by atoms with van der Waals surface area (Å²) >= 11 is 0. The number of aryl methyl sites for hydroxylation is 1. The zero-order chi connectivity index (χ0) is 23.4. The van der Waals surface area contributed by atoms with Gasteiger partial charge in [0.25, 0.3) is 0 Å². The van der Waals surface area contributed by atoms with Gasteiger partial charge in [0, 0.05) is 38.8 Å². The van der Waals surface area contributed by atoms with Gasteiger partial charge in [-0.1, -0.05) is 36.8 Å². The van der Waals surface area contributed by atoms with Crippen molar-refractivity contribution >= 4 is 27.5 Å². The Bertz CT molecular complexity index is 1110. The molecular formula is C25H31N3O4S. The maximum absolute atomic E-state index is 13.1. The molecular weight excluding hydrogens is 438 g/mol. The van der Waals surface area contributed by atoms with E-state index in [0.29, 0.717) is 44.6 Å². The van der Waals surface area contributed by atoms with Crippen LogP contribution in [0.1, 0.15) is 43.2 Å². The number of carbonyl (C=O) groups excluding carboxylic acids is 2. The van der Waals surface area contributed by atoms with Crippen LogP contribution in [0.4, 0.5) is 5.69 Å². The Labute approximate surface area is 196 Å². The number of hydrogen-bond acceptors (Lipinski definition) is 4. The summed E-state index contributed by atoms with van der Waals surface area (Å²) in [5.41, 5.74) is 2.46. The minimum atomic E-state index is -3.55. The first-order valence-corrected chi connectivity index (χ1v) is 13.0. The summed E-state index contributed by atoms with van der Waals surface area (Å²) in [7, 11) is -1.83. The molecule has 1 fully saturated rings. The second-order valence-corrected chi connectivity index (χ2v) is 10.8. The van der Waals surface area contributed by atoms with Crippen LogP contribution in [0.3, 0.4) is 0 Å². The van der Waals surface area contributed by atoms with Crippen LogP contribution >= 0.6 is 0 Å². The van der Waals surface area contributed by atoms with Crippen molar-refractivity contribution in [1.29, 1.82) is 0 Å². The van der Waals surface area contributed by atoms with Gasteiger partial charge in [0.05, 0.1) is 4.90 Å². The third-order valence-corrected chi connectivity index (χ3v) is 8.31. The molecule has 2 amide bonds. The summed E-state index contributed by atoms with van der Waals surface area (Å²) in [4.78, 5) is 29.2. The lowest BCUT2D eigenvalue weighted by atomic mass is 10.1. The van der Waals surface area contributed by atoms with Gasteiger partial charge in [0.15, 0.2) is 0 Å². The summed E-state index contributed by atoms with van der Waals surface area (Å²) in [6.45, 7) is 1.49. The van der Waals surface area contributed by atoms with Gasteiger partial charge in [0.1, 0.15) is 6.54 Å². The van der Waals surface area contributed by atoms with E-state index in [4.69, 9.17) is 0 Å². The molecule has 2 heterocycles. The molecule has 2 aliphatic heterocycles. The van der Waals surface area contributed by atoms with Crippen molar-refractivity contribution in [2.24, 2.45) is 0 Å². The Balaban J connectivity index is 1.55. The number of rotatable bonds is 6. The van der Waals surface area contributed by atoms with E-state index >= 15 is 0 Å². The second kappa shape index (κ2) is 10.1. The Morgan fingerprint density at radius 1 is 0.970 bits per heavy atom. The molecule has 0 N–H and O–H groups in total. The van der Waals surface area contributed by atoms with Crippen molar-refractivity contribution in [3.05, 3.63) is 59.7 Å². The van der Waals surface area contributed by atoms with Crippen LogP contribution in [0.25, 0.3) is 0 Å². The Hall–Kier alpha value is -2.71. The van der Waals surface area contributed by atoms with Crippen LogP contribution in [0.15, 0.2) is 53.4 Å². The number of carbonyl (C=O) groups is 2. The fourth-order valence-electron chi connectivity index (χ4n) is 4.51. The SMILES string of the molecule is CN(Cc1ccccc1)C(=O)CN1C(=O)CCCc2cc(S(=O)(=O)N3CCCCC3)ccc21. The van der Waals surface area contributed by atoms with Gasteiger partial charge in [-0.05, 0) is 55.0 Å². The second-order valence-electron chi connectivity index (χ2n) is 8.82. The minimum absolute atomic E-state index is 0.0621. The molecule has 0 atom stereocenters. The number of benzene rings is 2. The Morgan fingerprint density at radius 3 is 2.42 bits per heavy atom.